The summed E-state index contributed by atoms with van der Waals surface area (Å²) in [5, 5.41) is 20.0. The number of hydrogen-bond acceptors (Lipinski definition) is 4. The number of hydrogen-bond donors (Lipinski definition) is 2. The predicted octanol–water partition coefficient (Wildman–Crippen LogP) is 4.43. The molecule has 6 heteroatoms. The Labute approximate surface area is 138 Å². The van der Waals surface area contributed by atoms with Gasteiger partial charge in [0.2, 0.25) is 0 Å². The highest BCUT2D eigenvalue weighted by Gasteiger charge is 2.12. The second-order valence-corrected chi connectivity index (χ2v) is 5.14. The van der Waals surface area contributed by atoms with Crippen LogP contribution in [0.5, 0.6) is 0 Å². The van der Waals surface area contributed by atoms with Crippen LogP contribution in [-0.4, -0.2) is 16.4 Å². The van der Waals surface area contributed by atoms with Gasteiger partial charge in [-0.1, -0.05) is 41.9 Å². The van der Waals surface area contributed by atoms with Crippen molar-refractivity contribution < 1.29 is 0 Å². The van der Waals surface area contributed by atoms with E-state index in [-0.39, 0.29) is 0 Å². The van der Waals surface area contributed by atoms with Crippen LogP contribution in [0.2, 0.25) is 5.02 Å². The molecular formula is C17H12ClN5. The molecule has 1 aromatic heterocycles. The van der Waals surface area contributed by atoms with Gasteiger partial charge in [-0.05, 0) is 29.8 Å². The van der Waals surface area contributed by atoms with Crippen molar-refractivity contribution in [3.05, 3.63) is 70.7 Å². The monoisotopic (exact) mass is 321 g/mol. The van der Waals surface area contributed by atoms with E-state index in [1.54, 1.807) is 18.3 Å². The lowest BCUT2D eigenvalue weighted by Crippen LogP contribution is -1.92. The number of aromatic nitrogens is 2. The summed E-state index contributed by atoms with van der Waals surface area (Å²) >= 11 is 5.86. The minimum atomic E-state index is 0.354. The highest BCUT2D eigenvalue weighted by Crippen LogP contribution is 2.26. The van der Waals surface area contributed by atoms with Gasteiger partial charge >= 0.3 is 0 Å². The van der Waals surface area contributed by atoms with E-state index in [9.17, 15) is 5.26 Å². The lowest BCUT2D eigenvalue weighted by atomic mass is 10.2. The lowest BCUT2D eigenvalue weighted by molar-refractivity contribution is 1.09. The molecular weight excluding hydrogens is 310 g/mol. The minimum Gasteiger partial charge on any atom is -0.338 e. The Bertz CT molecular complexity index is 860. The Morgan fingerprint density at radius 1 is 1.13 bits per heavy atom. The maximum atomic E-state index is 9.36. The first kappa shape index (κ1) is 14.8. The summed E-state index contributed by atoms with van der Waals surface area (Å²) in [5.41, 5.74) is 2.08. The van der Waals surface area contributed by atoms with E-state index in [4.69, 9.17) is 11.6 Å². The number of rotatable bonds is 4. The molecule has 0 fully saturated rings. The number of anilines is 2. The average Bonchev–Trinajstić information content (AvgIpc) is 2.97. The highest BCUT2D eigenvalue weighted by atomic mass is 35.5. The predicted molar refractivity (Wildman–Crippen MR) is 91.7 cm³/mol. The van der Waals surface area contributed by atoms with Crippen LogP contribution in [0, 0.1) is 11.3 Å². The second kappa shape index (κ2) is 6.77. The summed E-state index contributed by atoms with van der Waals surface area (Å²) in [6.07, 6.45) is 1.68. The molecule has 23 heavy (non-hydrogen) atoms. The van der Waals surface area contributed by atoms with Gasteiger partial charge in [0.25, 0.3) is 0 Å². The van der Waals surface area contributed by atoms with Gasteiger partial charge in [-0.15, -0.1) is 0 Å². The third kappa shape index (κ3) is 3.57. The van der Waals surface area contributed by atoms with Crippen LogP contribution in [-0.2, 0) is 0 Å². The molecule has 3 rings (SSSR count). The van der Waals surface area contributed by atoms with Gasteiger partial charge in [-0.25, -0.2) is 4.99 Å². The Morgan fingerprint density at radius 3 is 2.57 bits per heavy atom. The van der Waals surface area contributed by atoms with Crippen molar-refractivity contribution in [2.24, 2.45) is 4.99 Å². The zero-order valence-corrected chi connectivity index (χ0v) is 12.7. The zero-order chi connectivity index (χ0) is 16.1. The first-order valence-electron chi connectivity index (χ1n) is 6.86. The van der Waals surface area contributed by atoms with Crippen molar-refractivity contribution in [3.8, 4) is 6.07 Å². The lowest BCUT2D eigenvalue weighted by Gasteiger charge is -2.02. The standard InChI is InChI=1S/C17H12ClN5/c18-13-6-8-14(9-7-13)21-17-15(10-19)16(22-23-17)20-11-12-4-2-1-3-5-12/h1-9,11H,(H2,21,22,23)/b20-11+. The van der Waals surface area contributed by atoms with Crippen LogP contribution in [0.4, 0.5) is 17.3 Å². The molecule has 0 amide bonds. The number of H-pyrrole nitrogens is 1. The fourth-order valence-corrected chi connectivity index (χ4v) is 2.10. The molecule has 0 aliphatic heterocycles. The molecule has 3 aromatic rings. The first-order chi connectivity index (χ1) is 11.3. The molecule has 1 heterocycles. The number of aromatic amines is 1. The van der Waals surface area contributed by atoms with E-state index in [0.717, 1.165) is 11.3 Å². The van der Waals surface area contributed by atoms with Gasteiger partial charge in [-0.3, -0.25) is 5.10 Å². The van der Waals surface area contributed by atoms with Gasteiger partial charge < -0.3 is 5.32 Å². The number of benzene rings is 2. The number of nitrogens with zero attached hydrogens (tertiary/aromatic N) is 3. The van der Waals surface area contributed by atoms with Crippen molar-refractivity contribution in [2.45, 2.75) is 0 Å². The van der Waals surface area contributed by atoms with Crippen LogP contribution >= 0.6 is 11.6 Å². The molecule has 5 nitrogen and oxygen atoms in total. The Hall–Kier alpha value is -3.10. The van der Waals surface area contributed by atoms with Gasteiger partial charge in [0.15, 0.2) is 11.6 Å². The van der Waals surface area contributed by atoms with E-state index in [1.165, 1.54) is 0 Å². The fraction of sp³-hybridized carbons (Fsp3) is 0. The molecule has 0 spiro atoms. The number of nitrogens with one attached hydrogen (secondary N) is 2. The quantitative estimate of drug-likeness (QED) is 0.698. The van der Waals surface area contributed by atoms with E-state index in [1.807, 2.05) is 42.5 Å². The summed E-state index contributed by atoms with van der Waals surface area (Å²) in [6.45, 7) is 0. The normalized spacial score (nSPS) is 10.6. The maximum Gasteiger partial charge on any atom is 0.172 e. The molecule has 2 aromatic carbocycles. The smallest absolute Gasteiger partial charge is 0.172 e. The molecule has 0 aliphatic rings. The molecule has 0 saturated carbocycles. The molecule has 0 radical (unpaired) electrons. The fourth-order valence-electron chi connectivity index (χ4n) is 1.97. The first-order valence-corrected chi connectivity index (χ1v) is 7.24. The summed E-state index contributed by atoms with van der Waals surface area (Å²) in [4.78, 5) is 4.30. The summed E-state index contributed by atoms with van der Waals surface area (Å²) < 4.78 is 0. The summed E-state index contributed by atoms with van der Waals surface area (Å²) in [5.74, 6) is 0.836. The summed E-state index contributed by atoms with van der Waals surface area (Å²) in [6, 6.07) is 18.9. The van der Waals surface area contributed by atoms with Crippen molar-refractivity contribution >= 4 is 35.1 Å². The van der Waals surface area contributed by atoms with Crippen molar-refractivity contribution in [2.75, 3.05) is 5.32 Å². The molecule has 2 N–H and O–H groups in total. The topological polar surface area (TPSA) is 76.9 Å². The molecule has 0 saturated heterocycles. The average molecular weight is 322 g/mol. The Morgan fingerprint density at radius 2 is 1.87 bits per heavy atom. The van der Waals surface area contributed by atoms with E-state index in [0.29, 0.717) is 22.2 Å². The van der Waals surface area contributed by atoms with Crippen LogP contribution in [0.3, 0.4) is 0 Å². The van der Waals surface area contributed by atoms with Crippen molar-refractivity contribution in [1.29, 1.82) is 5.26 Å². The minimum absolute atomic E-state index is 0.354. The van der Waals surface area contributed by atoms with E-state index in [2.05, 4.69) is 26.6 Å². The Kier molecular flexibility index (Phi) is 4.37. The van der Waals surface area contributed by atoms with Gasteiger partial charge in [0.05, 0.1) is 0 Å². The third-order valence-corrected chi connectivity index (χ3v) is 3.36. The molecule has 0 unspecified atom stereocenters. The van der Waals surface area contributed by atoms with Crippen LogP contribution in [0.15, 0.2) is 59.6 Å². The molecule has 0 aliphatic carbocycles. The third-order valence-electron chi connectivity index (χ3n) is 3.11. The van der Waals surface area contributed by atoms with Gasteiger partial charge in [0.1, 0.15) is 11.6 Å². The number of halogens is 1. The zero-order valence-electron chi connectivity index (χ0n) is 12.0. The van der Waals surface area contributed by atoms with Crippen molar-refractivity contribution in [1.82, 2.24) is 10.2 Å². The summed E-state index contributed by atoms with van der Waals surface area (Å²) in [7, 11) is 0. The van der Waals surface area contributed by atoms with Crippen LogP contribution < -0.4 is 5.32 Å². The number of aliphatic imine (C=N–C) groups is 1. The maximum absolute atomic E-state index is 9.36. The number of nitriles is 1. The molecule has 112 valence electrons. The second-order valence-electron chi connectivity index (χ2n) is 4.71. The van der Waals surface area contributed by atoms with E-state index < -0.39 is 0 Å². The van der Waals surface area contributed by atoms with E-state index >= 15 is 0 Å². The van der Waals surface area contributed by atoms with Gasteiger partial charge in [-0.2, -0.15) is 10.4 Å². The Balaban J connectivity index is 1.84. The highest BCUT2D eigenvalue weighted by molar-refractivity contribution is 6.30. The SMILES string of the molecule is N#Cc1c(Nc2ccc(Cl)cc2)n[nH]c1/N=C/c1ccccc1. The van der Waals surface area contributed by atoms with Gasteiger partial charge in [0, 0.05) is 16.9 Å². The van der Waals surface area contributed by atoms with Crippen molar-refractivity contribution in [3.63, 3.8) is 0 Å². The van der Waals surface area contributed by atoms with Crippen LogP contribution in [0.1, 0.15) is 11.1 Å². The molecule has 0 atom stereocenters. The largest absolute Gasteiger partial charge is 0.338 e. The van der Waals surface area contributed by atoms with Crippen LogP contribution in [0.25, 0.3) is 0 Å². The molecule has 0 bridgehead atoms.